The van der Waals surface area contributed by atoms with Crippen molar-refractivity contribution in [2.45, 2.75) is 38.1 Å². The van der Waals surface area contributed by atoms with Crippen LogP contribution in [0, 0.1) is 5.92 Å². The first-order valence-electron chi connectivity index (χ1n) is 6.96. The van der Waals surface area contributed by atoms with Gasteiger partial charge in [0.15, 0.2) is 0 Å². The van der Waals surface area contributed by atoms with E-state index < -0.39 is 0 Å². The minimum Gasteiger partial charge on any atom is -0.506 e. The minimum atomic E-state index is 0.0233. The molecule has 1 aromatic carbocycles. The highest BCUT2D eigenvalue weighted by molar-refractivity contribution is 6.32. The van der Waals surface area contributed by atoms with Crippen molar-refractivity contribution in [2.75, 3.05) is 6.54 Å². The average Bonchev–Trinajstić information content (AvgIpc) is 2.85. The van der Waals surface area contributed by atoms with Gasteiger partial charge in [-0.2, -0.15) is 0 Å². The van der Waals surface area contributed by atoms with E-state index in [1.165, 1.54) is 25.3 Å². The molecule has 0 bridgehead atoms. The van der Waals surface area contributed by atoms with E-state index in [0.717, 1.165) is 19.4 Å². The zero-order valence-corrected chi connectivity index (χ0v) is 11.6. The smallest absolute Gasteiger partial charge is 0.254 e. The highest BCUT2D eigenvalue weighted by Crippen LogP contribution is 2.37. The lowest BCUT2D eigenvalue weighted by Gasteiger charge is -2.31. The molecule has 1 aromatic rings. The molecular formula is C15H18ClNO2. The van der Waals surface area contributed by atoms with Gasteiger partial charge in [0.05, 0.1) is 5.02 Å². The van der Waals surface area contributed by atoms with Crippen LogP contribution in [-0.4, -0.2) is 28.5 Å². The van der Waals surface area contributed by atoms with Crippen LogP contribution in [0.1, 0.15) is 42.5 Å². The number of benzene rings is 1. The molecule has 102 valence electrons. The molecule has 1 heterocycles. The maximum Gasteiger partial charge on any atom is 0.254 e. The standard InChI is InChI=1S/C15H18ClNO2/c16-12-9-11(5-6-14(12)18)15(19)17-8-7-10-3-1-2-4-13(10)17/h5-6,9-10,13,18H,1-4,7-8H2. The van der Waals surface area contributed by atoms with Crippen LogP contribution in [0.5, 0.6) is 5.75 Å². The molecule has 1 N–H and O–H groups in total. The summed E-state index contributed by atoms with van der Waals surface area (Å²) < 4.78 is 0. The Morgan fingerprint density at radius 3 is 2.84 bits per heavy atom. The Bertz CT molecular complexity index is 503. The van der Waals surface area contributed by atoms with Gasteiger partial charge in [-0.05, 0) is 43.4 Å². The second kappa shape index (κ2) is 5.04. The number of carbonyl (C=O) groups excluding carboxylic acids is 1. The number of rotatable bonds is 1. The summed E-state index contributed by atoms with van der Waals surface area (Å²) >= 11 is 5.88. The van der Waals surface area contributed by atoms with Gasteiger partial charge in [0.2, 0.25) is 0 Å². The quantitative estimate of drug-likeness (QED) is 0.855. The number of aromatic hydroxyl groups is 1. The van der Waals surface area contributed by atoms with Gasteiger partial charge in [-0.25, -0.2) is 0 Å². The van der Waals surface area contributed by atoms with E-state index in [9.17, 15) is 9.90 Å². The summed E-state index contributed by atoms with van der Waals surface area (Å²) in [7, 11) is 0. The maximum atomic E-state index is 12.6. The van der Waals surface area contributed by atoms with E-state index in [-0.39, 0.29) is 16.7 Å². The fraction of sp³-hybridized carbons (Fsp3) is 0.533. The molecule has 19 heavy (non-hydrogen) atoms. The Labute approximate surface area is 118 Å². The average molecular weight is 280 g/mol. The molecule has 1 amide bonds. The topological polar surface area (TPSA) is 40.5 Å². The number of hydrogen-bond donors (Lipinski definition) is 1. The van der Waals surface area contributed by atoms with E-state index in [0.29, 0.717) is 17.5 Å². The highest BCUT2D eigenvalue weighted by atomic mass is 35.5. The molecule has 1 saturated carbocycles. The van der Waals surface area contributed by atoms with E-state index in [4.69, 9.17) is 11.6 Å². The molecule has 3 nitrogen and oxygen atoms in total. The number of hydrogen-bond acceptors (Lipinski definition) is 2. The van der Waals surface area contributed by atoms with Crippen molar-refractivity contribution in [3.8, 4) is 5.75 Å². The number of carbonyl (C=O) groups is 1. The van der Waals surface area contributed by atoms with Crippen LogP contribution < -0.4 is 0 Å². The monoisotopic (exact) mass is 279 g/mol. The van der Waals surface area contributed by atoms with Crippen molar-refractivity contribution in [2.24, 2.45) is 5.92 Å². The summed E-state index contributed by atoms with van der Waals surface area (Å²) in [6, 6.07) is 5.12. The fourth-order valence-electron chi connectivity index (χ4n) is 3.46. The van der Waals surface area contributed by atoms with Crippen molar-refractivity contribution in [3.63, 3.8) is 0 Å². The molecule has 3 rings (SSSR count). The van der Waals surface area contributed by atoms with Crippen molar-refractivity contribution in [1.82, 2.24) is 4.90 Å². The third-order valence-corrected chi connectivity index (χ3v) is 4.77. The Kier molecular flexibility index (Phi) is 3.40. The Morgan fingerprint density at radius 2 is 2.05 bits per heavy atom. The van der Waals surface area contributed by atoms with Crippen LogP contribution in [0.3, 0.4) is 0 Å². The SMILES string of the molecule is O=C(c1ccc(O)c(Cl)c1)N1CCC2CCCCC21. The van der Waals surface area contributed by atoms with Crippen molar-refractivity contribution in [1.29, 1.82) is 0 Å². The largest absolute Gasteiger partial charge is 0.506 e. The van der Waals surface area contributed by atoms with E-state index in [1.807, 2.05) is 4.90 Å². The van der Waals surface area contributed by atoms with E-state index in [2.05, 4.69) is 0 Å². The van der Waals surface area contributed by atoms with Crippen LogP contribution in [-0.2, 0) is 0 Å². The molecule has 0 radical (unpaired) electrons. The number of phenolic OH excluding ortho intramolecular Hbond substituents is 1. The Hall–Kier alpha value is -1.22. The molecule has 2 atom stereocenters. The molecule has 1 saturated heterocycles. The lowest BCUT2D eigenvalue weighted by atomic mass is 9.85. The van der Waals surface area contributed by atoms with Crippen LogP contribution in [0.4, 0.5) is 0 Å². The summed E-state index contributed by atoms with van der Waals surface area (Å²) in [5.41, 5.74) is 0.578. The second-order valence-corrected chi connectivity index (χ2v) is 5.97. The lowest BCUT2D eigenvalue weighted by Crippen LogP contribution is -2.39. The van der Waals surface area contributed by atoms with Crippen LogP contribution in [0.15, 0.2) is 18.2 Å². The van der Waals surface area contributed by atoms with Crippen LogP contribution in [0.2, 0.25) is 5.02 Å². The number of halogens is 1. The number of fused-ring (bicyclic) bond motifs is 1. The molecular weight excluding hydrogens is 262 g/mol. The Morgan fingerprint density at radius 1 is 1.26 bits per heavy atom. The molecule has 2 aliphatic rings. The number of nitrogens with zero attached hydrogens (tertiary/aromatic N) is 1. The van der Waals surface area contributed by atoms with Crippen LogP contribution in [0.25, 0.3) is 0 Å². The number of likely N-dealkylation sites (tertiary alicyclic amines) is 1. The van der Waals surface area contributed by atoms with Gasteiger partial charge in [-0.1, -0.05) is 24.4 Å². The molecule has 4 heteroatoms. The second-order valence-electron chi connectivity index (χ2n) is 5.57. The molecule has 0 spiro atoms. The first-order chi connectivity index (χ1) is 9.16. The zero-order valence-electron chi connectivity index (χ0n) is 10.8. The van der Waals surface area contributed by atoms with Crippen molar-refractivity contribution in [3.05, 3.63) is 28.8 Å². The first-order valence-corrected chi connectivity index (χ1v) is 7.34. The molecule has 1 aliphatic carbocycles. The van der Waals surface area contributed by atoms with E-state index >= 15 is 0 Å². The molecule has 2 fully saturated rings. The maximum absolute atomic E-state index is 12.6. The predicted molar refractivity (Wildman–Crippen MR) is 74.5 cm³/mol. The van der Waals surface area contributed by atoms with Gasteiger partial charge in [-0.15, -0.1) is 0 Å². The lowest BCUT2D eigenvalue weighted by molar-refractivity contribution is 0.0690. The summed E-state index contributed by atoms with van der Waals surface area (Å²) in [6.45, 7) is 0.854. The van der Waals surface area contributed by atoms with Gasteiger partial charge < -0.3 is 10.0 Å². The van der Waals surface area contributed by atoms with Crippen molar-refractivity contribution < 1.29 is 9.90 Å². The molecule has 2 unspecified atom stereocenters. The summed E-state index contributed by atoms with van der Waals surface area (Å²) in [6.07, 6.45) is 6.03. The van der Waals surface area contributed by atoms with E-state index in [1.54, 1.807) is 12.1 Å². The zero-order chi connectivity index (χ0) is 13.4. The van der Waals surface area contributed by atoms with Gasteiger partial charge in [0.25, 0.3) is 5.91 Å². The summed E-state index contributed by atoms with van der Waals surface area (Å²) in [4.78, 5) is 14.6. The third-order valence-electron chi connectivity index (χ3n) is 4.47. The summed E-state index contributed by atoms with van der Waals surface area (Å²) in [5, 5.41) is 9.66. The van der Waals surface area contributed by atoms with Gasteiger partial charge >= 0.3 is 0 Å². The highest BCUT2D eigenvalue weighted by Gasteiger charge is 2.38. The minimum absolute atomic E-state index is 0.0233. The first kappa shape index (κ1) is 12.8. The van der Waals surface area contributed by atoms with Gasteiger partial charge in [-0.3, -0.25) is 4.79 Å². The fourth-order valence-corrected chi connectivity index (χ4v) is 3.64. The Balaban J connectivity index is 1.81. The predicted octanol–water partition coefficient (Wildman–Crippen LogP) is 3.45. The third kappa shape index (κ3) is 2.32. The molecule has 1 aliphatic heterocycles. The normalized spacial score (nSPS) is 26.3. The van der Waals surface area contributed by atoms with Crippen molar-refractivity contribution >= 4 is 17.5 Å². The molecule has 0 aromatic heterocycles. The number of amides is 1. The van der Waals surface area contributed by atoms with Crippen LogP contribution >= 0.6 is 11.6 Å². The van der Waals surface area contributed by atoms with Gasteiger partial charge in [0, 0.05) is 18.2 Å². The van der Waals surface area contributed by atoms with Gasteiger partial charge in [0.1, 0.15) is 5.75 Å². The number of phenols is 1. The summed E-state index contributed by atoms with van der Waals surface area (Å²) in [5.74, 6) is 0.761.